The van der Waals surface area contributed by atoms with Crippen LogP contribution in [-0.2, 0) is 4.74 Å². The molecule has 6 heteroatoms. The van der Waals surface area contributed by atoms with E-state index in [1.807, 2.05) is 32.9 Å². The third-order valence-electron chi connectivity index (χ3n) is 3.60. The fraction of sp³-hybridized carbons (Fsp3) is 0.500. The Morgan fingerprint density at radius 1 is 1.45 bits per heavy atom. The number of carbonyl (C=O) groups excluding carboxylic acids is 1. The first kappa shape index (κ1) is 14.8. The molecule has 0 radical (unpaired) electrons. The summed E-state index contributed by atoms with van der Waals surface area (Å²) in [5.41, 5.74) is 1.83. The second-order valence-corrected chi connectivity index (χ2v) is 6.41. The number of hydrogen-bond donors (Lipinski definition) is 1. The molecule has 22 heavy (non-hydrogen) atoms. The molecule has 2 amide bonds. The molecule has 6 nitrogen and oxygen atoms in total. The Hall–Kier alpha value is -2.08. The van der Waals surface area contributed by atoms with E-state index in [1.165, 1.54) is 0 Å². The predicted octanol–water partition coefficient (Wildman–Crippen LogP) is 3.17. The van der Waals surface area contributed by atoms with Crippen LogP contribution in [-0.4, -0.2) is 40.7 Å². The van der Waals surface area contributed by atoms with Gasteiger partial charge < -0.3 is 19.4 Å². The minimum Gasteiger partial charge on any atom is -0.441 e. The van der Waals surface area contributed by atoms with Crippen molar-refractivity contribution in [2.45, 2.75) is 39.4 Å². The summed E-state index contributed by atoms with van der Waals surface area (Å²) in [7, 11) is 0. The fourth-order valence-corrected chi connectivity index (χ4v) is 2.93. The van der Waals surface area contributed by atoms with Gasteiger partial charge in [0.2, 0.25) is 0 Å². The van der Waals surface area contributed by atoms with Crippen molar-refractivity contribution in [3.05, 3.63) is 24.1 Å². The molecule has 2 heterocycles. The number of morpholine rings is 1. The average Bonchev–Trinajstić information content (AvgIpc) is 2.75. The van der Waals surface area contributed by atoms with Crippen molar-refractivity contribution >= 4 is 22.8 Å². The molecule has 118 valence electrons. The van der Waals surface area contributed by atoms with Crippen molar-refractivity contribution in [2.75, 3.05) is 18.4 Å². The lowest BCUT2D eigenvalue weighted by Crippen LogP contribution is -2.54. The number of rotatable bonds is 1. The van der Waals surface area contributed by atoms with Crippen molar-refractivity contribution in [3.63, 3.8) is 0 Å². The number of aromatic nitrogens is 1. The molecule has 3 rings (SSSR count). The van der Waals surface area contributed by atoms with E-state index < -0.39 is 0 Å². The lowest BCUT2D eigenvalue weighted by atomic mass is 10.1. The Bertz CT molecular complexity index is 708. The smallest absolute Gasteiger partial charge is 0.322 e. The zero-order valence-corrected chi connectivity index (χ0v) is 13.3. The van der Waals surface area contributed by atoms with Gasteiger partial charge in [0, 0.05) is 25.2 Å². The Kier molecular flexibility index (Phi) is 3.56. The number of amides is 2. The second kappa shape index (κ2) is 5.28. The van der Waals surface area contributed by atoms with Crippen molar-refractivity contribution in [1.29, 1.82) is 0 Å². The van der Waals surface area contributed by atoms with Gasteiger partial charge in [0.25, 0.3) is 0 Å². The van der Waals surface area contributed by atoms with Gasteiger partial charge in [-0.05, 0) is 32.9 Å². The van der Waals surface area contributed by atoms with Gasteiger partial charge in [-0.25, -0.2) is 9.78 Å². The van der Waals surface area contributed by atoms with Crippen molar-refractivity contribution in [2.24, 2.45) is 0 Å². The number of urea groups is 1. The number of benzene rings is 1. The van der Waals surface area contributed by atoms with E-state index >= 15 is 0 Å². The van der Waals surface area contributed by atoms with Crippen LogP contribution in [0.3, 0.4) is 0 Å². The van der Waals surface area contributed by atoms with Crippen LogP contribution < -0.4 is 5.32 Å². The van der Waals surface area contributed by atoms with E-state index in [0.717, 1.165) is 5.52 Å². The summed E-state index contributed by atoms with van der Waals surface area (Å²) < 4.78 is 11.3. The van der Waals surface area contributed by atoms with Gasteiger partial charge in [-0.1, -0.05) is 0 Å². The van der Waals surface area contributed by atoms with Crippen molar-refractivity contribution < 1.29 is 13.9 Å². The summed E-state index contributed by atoms with van der Waals surface area (Å²) in [6.07, 6.45) is 0.0221. The Balaban J connectivity index is 1.74. The predicted molar refractivity (Wildman–Crippen MR) is 84.0 cm³/mol. The number of hydrogen-bond acceptors (Lipinski definition) is 4. The second-order valence-electron chi connectivity index (χ2n) is 6.41. The lowest BCUT2D eigenvalue weighted by Gasteiger charge is -2.41. The summed E-state index contributed by atoms with van der Waals surface area (Å²) in [6.45, 7) is 8.91. The van der Waals surface area contributed by atoms with Crippen LogP contribution in [0.25, 0.3) is 11.1 Å². The summed E-state index contributed by atoms with van der Waals surface area (Å²) in [5.74, 6) is 0.613. The van der Waals surface area contributed by atoms with E-state index in [4.69, 9.17) is 9.15 Å². The van der Waals surface area contributed by atoms with Crippen LogP contribution in [0.5, 0.6) is 0 Å². The zero-order chi connectivity index (χ0) is 15.9. The number of ether oxygens (including phenoxy) is 1. The highest BCUT2D eigenvalue weighted by atomic mass is 16.5. The third-order valence-corrected chi connectivity index (χ3v) is 3.60. The highest BCUT2D eigenvalue weighted by molar-refractivity contribution is 5.91. The number of anilines is 1. The summed E-state index contributed by atoms with van der Waals surface area (Å²) >= 11 is 0. The van der Waals surface area contributed by atoms with Gasteiger partial charge >= 0.3 is 6.03 Å². The van der Waals surface area contributed by atoms with E-state index in [-0.39, 0.29) is 17.7 Å². The van der Waals surface area contributed by atoms with Gasteiger partial charge in [-0.3, -0.25) is 0 Å². The minimum absolute atomic E-state index is 0.0221. The topological polar surface area (TPSA) is 67.6 Å². The van der Waals surface area contributed by atoms with Gasteiger partial charge in [-0.15, -0.1) is 0 Å². The van der Waals surface area contributed by atoms with Crippen LogP contribution in [0.15, 0.2) is 22.6 Å². The van der Waals surface area contributed by atoms with E-state index in [1.54, 1.807) is 17.9 Å². The molecule has 1 aliphatic rings. The minimum atomic E-state index is -0.332. The molecule has 1 N–H and O–H groups in total. The first-order valence-electron chi connectivity index (χ1n) is 7.43. The SMILES string of the molecule is Cc1nc2ccc(NC(=O)N3C[C@@H](C)OC(C)(C)C3)cc2o1. The van der Waals surface area contributed by atoms with Crippen LogP contribution in [0, 0.1) is 6.92 Å². The van der Waals surface area contributed by atoms with Crippen molar-refractivity contribution in [3.8, 4) is 0 Å². The molecular weight excluding hydrogens is 282 g/mol. The monoisotopic (exact) mass is 303 g/mol. The highest BCUT2D eigenvalue weighted by Gasteiger charge is 2.33. The Morgan fingerprint density at radius 3 is 2.95 bits per heavy atom. The van der Waals surface area contributed by atoms with Crippen LogP contribution >= 0.6 is 0 Å². The lowest BCUT2D eigenvalue weighted by molar-refractivity contribution is -0.116. The molecule has 1 aromatic carbocycles. The van der Waals surface area contributed by atoms with Crippen molar-refractivity contribution in [1.82, 2.24) is 9.88 Å². The zero-order valence-electron chi connectivity index (χ0n) is 13.3. The maximum Gasteiger partial charge on any atom is 0.322 e. The molecule has 0 spiro atoms. The fourth-order valence-electron chi connectivity index (χ4n) is 2.93. The highest BCUT2D eigenvalue weighted by Crippen LogP contribution is 2.23. The van der Waals surface area contributed by atoms with Crippen LogP contribution in [0.2, 0.25) is 0 Å². The number of aryl methyl sites for hydroxylation is 1. The first-order chi connectivity index (χ1) is 10.3. The number of carbonyl (C=O) groups is 1. The van der Waals surface area contributed by atoms with Gasteiger partial charge in [0.1, 0.15) is 5.52 Å². The van der Waals surface area contributed by atoms with Crippen LogP contribution in [0.4, 0.5) is 10.5 Å². The van der Waals surface area contributed by atoms with Gasteiger partial charge in [0.05, 0.1) is 18.2 Å². The molecule has 0 unspecified atom stereocenters. The molecule has 0 bridgehead atoms. The maximum absolute atomic E-state index is 12.5. The standard InChI is InChI=1S/C16H21N3O3/c1-10-8-19(9-16(3,4)22-10)15(20)18-12-5-6-13-14(7-12)21-11(2)17-13/h5-7,10H,8-9H2,1-4H3,(H,18,20)/t10-/m1/s1. The van der Waals surface area contributed by atoms with Gasteiger partial charge in [0.15, 0.2) is 11.5 Å². The first-order valence-corrected chi connectivity index (χ1v) is 7.43. The quantitative estimate of drug-likeness (QED) is 0.878. The summed E-state index contributed by atoms with van der Waals surface area (Å²) in [5, 5.41) is 2.92. The van der Waals surface area contributed by atoms with Crippen LogP contribution in [0.1, 0.15) is 26.7 Å². The largest absolute Gasteiger partial charge is 0.441 e. The Morgan fingerprint density at radius 2 is 2.23 bits per heavy atom. The summed E-state index contributed by atoms with van der Waals surface area (Å²) in [6, 6.07) is 5.34. The molecule has 2 aromatic rings. The third kappa shape index (κ3) is 3.06. The normalized spacial score (nSPS) is 21.1. The molecule has 1 aliphatic heterocycles. The number of fused-ring (bicyclic) bond motifs is 1. The molecule has 1 aromatic heterocycles. The molecular formula is C16H21N3O3. The summed E-state index contributed by atoms with van der Waals surface area (Å²) in [4.78, 5) is 18.5. The molecule has 0 saturated carbocycles. The van der Waals surface area contributed by atoms with E-state index in [0.29, 0.717) is 30.3 Å². The Labute approximate surface area is 129 Å². The number of nitrogens with one attached hydrogen (secondary N) is 1. The number of oxazole rings is 1. The van der Waals surface area contributed by atoms with Gasteiger partial charge in [-0.2, -0.15) is 0 Å². The van der Waals surface area contributed by atoms with E-state index in [9.17, 15) is 4.79 Å². The molecule has 1 saturated heterocycles. The van der Waals surface area contributed by atoms with E-state index in [2.05, 4.69) is 10.3 Å². The molecule has 1 atom stereocenters. The number of nitrogens with zero attached hydrogens (tertiary/aromatic N) is 2. The molecule has 1 fully saturated rings. The average molecular weight is 303 g/mol. The maximum atomic E-state index is 12.5. The molecule has 0 aliphatic carbocycles.